The van der Waals surface area contributed by atoms with E-state index in [1.165, 1.54) is 0 Å². The topological polar surface area (TPSA) is 208 Å². The van der Waals surface area contributed by atoms with Crippen LogP contribution in [0.2, 0.25) is 0 Å². The third-order valence-corrected chi connectivity index (χ3v) is 4.08. The van der Waals surface area contributed by atoms with Gasteiger partial charge < -0.3 is 37.0 Å². The fourth-order valence-electron chi connectivity index (χ4n) is 2.18. The van der Waals surface area contributed by atoms with Crippen molar-refractivity contribution in [3.05, 3.63) is 0 Å². The summed E-state index contributed by atoms with van der Waals surface area (Å²) in [6.07, 6.45) is -0.666. The third kappa shape index (κ3) is 10.1. The van der Waals surface area contributed by atoms with Gasteiger partial charge in [-0.3, -0.25) is 19.2 Å². The monoisotopic (exact) mass is 436 g/mol. The largest absolute Gasteiger partial charge is 0.481 e. The maximum atomic E-state index is 12.6. The second kappa shape index (κ2) is 13.0. The minimum atomic E-state index is -1.67. The van der Waals surface area contributed by atoms with Crippen LogP contribution in [0.15, 0.2) is 0 Å². The number of nitrogens with one attached hydrogen (secondary N) is 3. The lowest BCUT2D eigenvalue weighted by atomic mass is 10.0. The van der Waals surface area contributed by atoms with Crippen LogP contribution < -0.4 is 21.7 Å². The standard InChI is InChI=1S/C16H28N4O8S/c1-7(2)3-9(18-13(24)8(17)6-29)14(25)19-10(4-12(22)23)15(26)20-11(5-21)16(27)28/h7-11,21,29H,3-6,17H2,1-2H3,(H,18,24)(H,19,25)(H,20,26)(H,22,23)(H,27,28). The van der Waals surface area contributed by atoms with Gasteiger partial charge in [0.2, 0.25) is 17.7 Å². The van der Waals surface area contributed by atoms with Crippen molar-refractivity contribution in [2.75, 3.05) is 12.4 Å². The molecule has 0 radical (unpaired) electrons. The number of aliphatic carboxylic acids is 2. The summed E-state index contributed by atoms with van der Waals surface area (Å²) < 4.78 is 0. The Morgan fingerprint density at radius 1 is 0.897 bits per heavy atom. The van der Waals surface area contributed by atoms with Crippen LogP contribution in [0.25, 0.3) is 0 Å². The van der Waals surface area contributed by atoms with Crippen molar-refractivity contribution in [3.63, 3.8) is 0 Å². The van der Waals surface area contributed by atoms with Crippen LogP contribution in [0.3, 0.4) is 0 Å². The van der Waals surface area contributed by atoms with E-state index in [1.807, 2.05) is 5.32 Å². The Morgan fingerprint density at radius 2 is 1.38 bits per heavy atom. The molecule has 4 atom stereocenters. The minimum absolute atomic E-state index is 0.0314. The zero-order valence-corrected chi connectivity index (χ0v) is 17.0. The summed E-state index contributed by atoms with van der Waals surface area (Å²) in [7, 11) is 0. The van der Waals surface area contributed by atoms with Crippen molar-refractivity contribution in [2.24, 2.45) is 11.7 Å². The second-order valence-corrected chi connectivity index (χ2v) is 7.09. The molecular formula is C16H28N4O8S. The molecule has 0 aliphatic rings. The molecule has 8 N–H and O–H groups in total. The van der Waals surface area contributed by atoms with Crippen LogP contribution in [0, 0.1) is 5.92 Å². The number of carbonyl (C=O) groups excluding carboxylic acids is 3. The first-order valence-corrected chi connectivity index (χ1v) is 9.39. The van der Waals surface area contributed by atoms with Crippen LogP contribution in [0.4, 0.5) is 0 Å². The SMILES string of the molecule is CC(C)CC(NC(=O)C(N)CS)C(=O)NC(CC(=O)O)C(=O)NC(CO)C(=O)O. The molecule has 0 aromatic carbocycles. The number of carboxylic acid groups (broad SMARTS) is 2. The molecule has 0 spiro atoms. The number of rotatable bonds is 13. The van der Waals surface area contributed by atoms with Gasteiger partial charge in [-0.1, -0.05) is 13.8 Å². The van der Waals surface area contributed by atoms with E-state index in [4.69, 9.17) is 21.1 Å². The Hall–Kier alpha value is -2.38. The van der Waals surface area contributed by atoms with Gasteiger partial charge in [0.25, 0.3) is 0 Å². The minimum Gasteiger partial charge on any atom is -0.481 e. The van der Waals surface area contributed by atoms with E-state index in [0.29, 0.717) is 0 Å². The zero-order chi connectivity index (χ0) is 22.7. The van der Waals surface area contributed by atoms with Crippen molar-refractivity contribution in [2.45, 2.75) is 50.9 Å². The lowest BCUT2D eigenvalue weighted by molar-refractivity contribution is -0.144. The van der Waals surface area contributed by atoms with E-state index in [1.54, 1.807) is 13.8 Å². The predicted molar refractivity (Wildman–Crippen MR) is 104 cm³/mol. The van der Waals surface area contributed by atoms with Gasteiger partial charge in [0.1, 0.15) is 18.1 Å². The smallest absolute Gasteiger partial charge is 0.328 e. The molecule has 12 nitrogen and oxygen atoms in total. The Labute approximate surface area is 173 Å². The highest BCUT2D eigenvalue weighted by molar-refractivity contribution is 7.80. The number of hydrogen-bond donors (Lipinski definition) is 8. The van der Waals surface area contributed by atoms with Crippen LogP contribution in [0.1, 0.15) is 26.7 Å². The van der Waals surface area contributed by atoms with Crippen molar-refractivity contribution in [1.29, 1.82) is 0 Å². The summed E-state index contributed by atoms with van der Waals surface area (Å²) in [5, 5.41) is 33.4. The van der Waals surface area contributed by atoms with Crippen molar-refractivity contribution in [1.82, 2.24) is 16.0 Å². The first-order chi connectivity index (χ1) is 13.4. The maximum Gasteiger partial charge on any atom is 0.328 e. The highest BCUT2D eigenvalue weighted by atomic mass is 32.1. The predicted octanol–water partition coefficient (Wildman–Crippen LogP) is -2.70. The summed E-state index contributed by atoms with van der Waals surface area (Å²) in [6, 6.07) is -5.38. The number of aliphatic hydroxyl groups is 1. The van der Waals surface area contributed by atoms with Gasteiger partial charge in [-0.15, -0.1) is 0 Å². The van der Waals surface area contributed by atoms with E-state index >= 15 is 0 Å². The van der Waals surface area contributed by atoms with Gasteiger partial charge in [0.05, 0.1) is 19.1 Å². The average molecular weight is 436 g/mol. The van der Waals surface area contributed by atoms with Gasteiger partial charge in [-0.2, -0.15) is 12.6 Å². The van der Waals surface area contributed by atoms with Crippen LogP contribution >= 0.6 is 12.6 Å². The Kier molecular flexibility index (Phi) is 11.9. The average Bonchev–Trinajstić information content (AvgIpc) is 2.62. The number of aliphatic hydroxyl groups excluding tert-OH is 1. The van der Waals surface area contributed by atoms with Crippen LogP contribution in [0.5, 0.6) is 0 Å². The summed E-state index contributed by atoms with van der Waals surface area (Å²) in [5.41, 5.74) is 5.57. The van der Waals surface area contributed by atoms with Crippen molar-refractivity contribution >= 4 is 42.3 Å². The number of hydrogen-bond acceptors (Lipinski definition) is 8. The molecule has 13 heteroatoms. The zero-order valence-electron chi connectivity index (χ0n) is 16.1. The summed E-state index contributed by atoms with van der Waals surface area (Å²) in [6.45, 7) is 2.64. The molecule has 4 unspecified atom stereocenters. The summed E-state index contributed by atoms with van der Waals surface area (Å²) in [4.78, 5) is 58.8. The van der Waals surface area contributed by atoms with Gasteiger partial charge in [-0.05, 0) is 12.3 Å². The lowest BCUT2D eigenvalue weighted by Crippen LogP contribution is -2.58. The van der Waals surface area contributed by atoms with Crippen LogP contribution in [-0.2, 0) is 24.0 Å². The first kappa shape index (κ1) is 26.6. The normalized spacial score (nSPS) is 15.0. The number of thiol groups is 1. The highest BCUT2D eigenvalue weighted by Gasteiger charge is 2.31. The summed E-state index contributed by atoms with van der Waals surface area (Å²) >= 11 is 3.90. The molecule has 0 saturated carbocycles. The Morgan fingerprint density at radius 3 is 1.79 bits per heavy atom. The number of carbonyl (C=O) groups is 5. The molecule has 0 saturated heterocycles. The fraction of sp³-hybridized carbons (Fsp3) is 0.688. The molecule has 0 bridgehead atoms. The Bertz CT molecular complexity index is 616. The van der Waals surface area contributed by atoms with Gasteiger partial charge >= 0.3 is 11.9 Å². The number of nitrogens with two attached hydrogens (primary N) is 1. The molecule has 29 heavy (non-hydrogen) atoms. The lowest BCUT2D eigenvalue weighted by Gasteiger charge is -2.25. The van der Waals surface area contributed by atoms with E-state index in [9.17, 15) is 24.0 Å². The molecule has 0 aromatic heterocycles. The molecule has 0 heterocycles. The van der Waals surface area contributed by atoms with E-state index in [-0.39, 0.29) is 18.1 Å². The van der Waals surface area contributed by atoms with Crippen LogP contribution in [-0.4, -0.2) is 81.5 Å². The molecular weight excluding hydrogens is 408 g/mol. The van der Waals surface area contributed by atoms with E-state index in [2.05, 4.69) is 23.3 Å². The summed E-state index contributed by atoms with van der Waals surface area (Å²) in [5.74, 6) is -5.57. The highest BCUT2D eigenvalue weighted by Crippen LogP contribution is 2.07. The molecule has 166 valence electrons. The van der Waals surface area contributed by atoms with E-state index in [0.717, 1.165) is 0 Å². The van der Waals surface area contributed by atoms with Crippen molar-refractivity contribution in [3.8, 4) is 0 Å². The molecule has 0 aliphatic carbocycles. The number of amides is 3. The molecule has 0 aromatic rings. The molecule has 0 rings (SSSR count). The molecule has 0 fully saturated rings. The first-order valence-electron chi connectivity index (χ1n) is 8.75. The number of carboxylic acids is 2. The third-order valence-electron chi connectivity index (χ3n) is 3.68. The van der Waals surface area contributed by atoms with Crippen molar-refractivity contribution < 1.29 is 39.3 Å². The quantitative estimate of drug-likeness (QED) is 0.141. The Balaban J connectivity index is 5.39. The maximum absolute atomic E-state index is 12.6. The van der Waals surface area contributed by atoms with Gasteiger partial charge in [-0.25, -0.2) is 4.79 Å². The molecule has 3 amide bonds. The molecule has 0 aliphatic heterocycles. The van der Waals surface area contributed by atoms with Gasteiger partial charge in [0.15, 0.2) is 0 Å². The van der Waals surface area contributed by atoms with E-state index < -0.39 is 66.9 Å². The van der Waals surface area contributed by atoms with Gasteiger partial charge in [0, 0.05) is 5.75 Å². The fourth-order valence-corrected chi connectivity index (χ4v) is 2.34. The second-order valence-electron chi connectivity index (χ2n) is 6.72.